The molecule has 1 saturated heterocycles. The van der Waals surface area contributed by atoms with Gasteiger partial charge >= 0.3 is 6.09 Å². The summed E-state index contributed by atoms with van der Waals surface area (Å²) in [6.07, 6.45) is 1.41. The lowest BCUT2D eigenvalue weighted by molar-refractivity contribution is 0.00483. The van der Waals surface area contributed by atoms with Gasteiger partial charge in [0.05, 0.1) is 0 Å². The maximum atomic E-state index is 10.4. The first-order chi connectivity index (χ1) is 5.13. The molecule has 0 aliphatic carbocycles. The van der Waals surface area contributed by atoms with Crippen molar-refractivity contribution in [2.45, 2.75) is 26.7 Å². The van der Waals surface area contributed by atoms with Crippen molar-refractivity contribution in [3.8, 4) is 0 Å². The number of amides is 1. The van der Waals surface area contributed by atoms with Crippen LogP contribution in [0.4, 0.5) is 4.79 Å². The van der Waals surface area contributed by atoms with Crippen molar-refractivity contribution in [3.05, 3.63) is 0 Å². The van der Waals surface area contributed by atoms with E-state index in [2.05, 4.69) is 13.8 Å². The molecule has 3 nitrogen and oxygen atoms in total. The first-order valence-electron chi connectivity index (χ1n) is 4.11. The van der Waals surface area contributed by atoms with Crippen LogP contribution in [0.3, 0.4) is 0 Å². The molecule has 1 fully saturated rings. The first kappa shape index (κ1) is 8.37. The van der Waals surface area contributed by atoms with E-state index < -0.39 is 6.09 Å². The van der Waals surface area contributed by atoms with Gasteiger partial charge in [-0.15, -0.1) is 0 Å². The van der Waals surface area contributed by atoms with Gasteiger partial charge in [-0.3, -0.25) is 0 Å². The van der Waals surface area contributed by atoms with Gasteiger partial charge in [0.1, 0.15) is 0 Å². The van der Waals surface area contributed by atoms with Gasteiger partial charge in [0.15, 0.2) is 0 Å². The topological polar surface area (TPSA) is 40.5 Å². The Morgan fingerprint density at radius 2 is 1.91 bits per heavy atom. The van der Waals surface area contributed by atoms with Gasteiger partial charge in [-0.05, 0) is 12.8 Å². The number of rotatable bonds is 2. The molecule has 0 aromatic heterocycles. The summed E-state index contributed by atoms with van der Waals surface area (Å²) < 4.78 is 0. The van der Waals surface area contributed by atoms with Crippen molar-refractivity contribution in [1.82, 2.24) is 4.90 Å². The van der Waals surface area contributed by atoms with Crippen molar-refractivity contribution >= 4 is 6.09 Å². The van der Waals surface area contributed by atoms with E-state index in [4.69, 9.17) is 5.11 Å². The normalized spacial score (nSPS) is 21.1. The Labute approximate surface area is 67.0 Å². The van der Waals surface area contributed by atoms with Gasteiger partial charge in [-0.25, -0.2) is 4.79 Å². The number of likely N-dealkylation sites (tertiary alicyclic amines) is 1. The van der Waals surface area contributed by atoms with Crippen molar-refractivity contribution in [2.24, 2.45) is 5.41 Å². The van der Waals surface area contributed by atoms with E-state index in [1.807, 2.05) is 0 Å². The summed E-state index contributed by atoms with van der Waals surface area (Å²) in [6.45, 7) is 5.72. The van der Waals surface area contributed by atoms with Crippen LogP contribution in [-0.4, -0.2) is 29.2 Å². The Morgan fingerprint density at radius 1 is 1.45 bits per heavy atom. The fourth-order valence-corrected chi connectivity index (χ4v) is 1.60. The summed E-state index contributed by atoms with van der Waals surface area (Å²) in [6, 6.07) is 0. The molecule has 0 unspecified atom stereocenters. The minimum absolute atomic E-state index is 0.304. The minimum Gasteiger partial charge on any atom is -0.465 e. The molecular formula is C8H15NO2. The third-order valence-electron chi connectivity index (χ3n) is 2.82. The van der Waals surface area contributed by atoms with Crippen LogP contribution in [0.15, 0.2) is 0 Å². The van der Waals surface area contributed by atoms with Crippen LogP contribution in [0.1, 0.15) is 26.7 Å². The van der Waals surface area contributed by atoms with Crippen LogP contribution in [0.25, 0.3) is 0 Å². The van der Waals surface area contributed by atoms with Crippen molar-refractivity contribution in [2.75, 3.05) is 13.1 Å². The Morgan fingerprint density at radius 3 is 2.18 bits per heavy atom. The fourth-order valence-electron chi connectivity index (χ4n) is 1.60. The molecule has 1 N–H and O–H groups in total. The molecule has 1 heterocycles. The average Bonchev–Trinajstić information content (AvgIpc) is 1.87. The Bertz CT molecular complexity index is 155. The molecular weight excluding hydrogens is 142 g/mol. The second-order valence-electron chi connectivity index (χ2n) is 3.35. The number of carbonyl (C=O) groups is 1. The molecule has 11 heavy (non-hydrogen) atoms. The van der Waals surface area contributed by atoms with Gasteiger partial charge in [-0.2, -0.15) is 0 Å². The Hall–Kier alpha value is -0.730. The molecule has 1 aliphatic heterocycles. The molecule has 64 valence electrons. The van der Waals surface area contributed by atoms with Crippen LogP contribution >= 0.6 is 0 Å². The maximum Gasteiger partial charge on any atom is 0.407 e. The van der Waals surface area contributed by atoms with Crippen LogP contribution < -0.4 is 0 Å². The zero-order chi connectivity index (χ0) is 8.48. The third-order valence-corrected chi connectivity index (χ3v) is 2.82. The van der Waals surface area contributed by atoms with E-state index in [-0.39, 0.29) is 0 Å². The molecule has 0 spiro atoms. The molecule has 0 radical (unpaired) electrons. The van der Waals surface area contributed by atoms with Gasteiger partial charge in [-0.1, -0.05) is 13.8 Å². The lowest BCUT2D eigenvalue weighted by atomic mass is 9.75. The number of hydrogen-bond acceptors (Lipinski definition) is 1. The molecule has 0 atom stereocenters. The van der Waals surface area contributed by atoms with E-state index in [0.717, 1.165) is 25.9 Å². The number of carboxylic acid groups (broad SMARTS) is 1. The summed E-state index contributed by atoms with van der Waals surface area (Å²) >= 11 is 0. The summed E-state index contributed by atoms with van der Waals surface area (Å²) in [7, 11) is 0. The van der Waals surface area contributed by atoms with Gasteiger partial charge < -0.3 is 10.0 Å². The Kier molecular flexibility index (Phi) is 2.07. The highest BCUT2D eigenvalue weighted by Gasteiger charge is 2.42. The maximum absolute atomic E-state index is 10.4. The van der Waals surface area contributed by atoms with E-state index >= 15 is 0 Å². The fraction of sp³-hybridized carbons (Fsp3) is 0.875. The van der Waals surface area contributed by atoms with E-state index in [1.165, 1.54) is 4.90 Å². The van der Waals surface area contributed by atoms with E-state index in [0.29, 0.717) is 5.41 Å². The highest BCUT2D eigenvalue weighted by atomic mass is 16.4. The lowest BCUT2D eigenvalue weighted by Crippen LogP contribution is -2.57. The largest absolute Gasteiger partial charge is 0.465 e. The molecule has 0 aromatic carbocycles. The molecule has 1 aliphatic rings. The van der Waals surface area contributed by atoms with E-state index in [1.54, 1.807) is 0 Å². The second-order valence-corrected chi connectivity index (χ2v) is 3.35. The highest BCUT2D eigenvalue weighted by molar-refractivity contribution is 5.66. The summed E-state index contributed by atoms with van der Waals surface area (Å²) in [5.74, 6) is 0. The number of hydrogen-bond donors (Lipinski definition) is 1. The average molecular weight is 157 g/mol. The first-order valence-corrected chi connectivity index (χ1v) is 4.11. The molecule has 3 heteroatoms. The number of nitrogens with zero attached hydrogens (tertiary/aromatic N) is 1. The smallest absolute Gasteiger partial charge is 0.407 e. The van der Waals surface area contributed by atoms with Crippen molar-refractivity contribution < 1.29 is 9.90 Å². The van der Waals surface area contributed by atoms with Crippen LogP contribution in [0.2, 0.25) is 0 Å². The predicted octanol–water partition coefficient (Wildman–Crippen LogP) is 1.79. The summed E-state index contributed by atoms with van der Waals surface area (Å²) in [4.78, 5) is 11.9. The quantitative estimate of drug-likeness (QED) is 0.663. The predicted molar refractivity (Wildman–Crippen MR) is 42.6 cm³/mol. The van der Waals surface area contributed by atoms with Crippen LogP contribution in [0, 0.1) is 5.41 Å². The zero-order valence-corrected chi connectivity index (χ0v) is 7.13. The Balaban J connectivity index is 2.41. The summed E-state index contributed by atoms with van der Waals surface area (Å²) in [5, 5.41) is 8.58. The van der Waals surface area contributed by atoms with Gasteiger partial charge in [0.25, 0.3) is 0 Å². The molecule has 0 saturated carbocycles. The van der Waals surface area contributed by atoms with Gasteiger partial charge in [0, 0.05) is 18.5 Å². The molecule has 0 bridgehead atoms. The van der Waals surface area contributed by atoms with Crippen molar-refractivity contribution in [3.63, 3.8) is 0 Å². The molecule has 0 aromatic rings. The molecule has 1 amide bonds. The van der Waals surface area contributed by atoms with Gasteiger partial charge in [0.2, 0.25) is 0 Å². The van der Waals surface area contributed by atoms with E-state index in [9.17, 15) is 4.79 Å². The second kappa shape index (κ2) is 2.72. The molecule has 1 rings (SSSR count). The third kappa shape index (κ3) is 1.32. The zero-order valence-electron chi connectivity index (χ0n) is 7.13. The highest BCUT2D eigenvalue weighted by Crippen LogP contribution is 2.36. The van der Waals surface area contributed by atoms with Crippen LogP contribution in [-0.2, 0) is 0 Å². The monoisotopic (exact) mass is 157 g/mol. The lowest BCUT2D eigenvalue weighted by Gasteiger charge is -2.48. The van der Waals surface area contributed by atoms with Crippen molar-refractivity contribution in [1.29, 1.82) is 0 Å². The standard InChI is InChI=1S/C8H15NO2/c1-3-8(4-2)5-9(6-8)7(10)11/h3-6H2,1-2H3,(H,10,11). The summed E-state index contributed by atoms with van der Waals surface area (Å²) in [5.41, 5.74) is 0.304. The minimum atomic E-state index is -0.775. The van der Waals surface area contributed by atoms with Crippen LogP contribution in [0.5, 0.6) is 0 Å². The SMILES string of the molecule is CCC1(CC)CN(C(=O)O)C1.